The summed E-state index contributed by atoms with van der Waals surface area (Å²) >= 11 is 0. The molecule has 1 spiro atoms. The molecular weight excluding hydrogens is 441 g/mol. The van der Waals surface area contributed by atoms with Gasteiger partial charge >= 0.3 is 6.18 Å². The number of hydrogen-bond acceptors (Lipinski definition) is 3. The van der Waals surface area contributed by atoms with Gasteiger partial charge in [0.05, 0.1) is 18.3 Å². The average Bonchev–Trinajstić information content (AvgIpc) is 3.20. The van der Waals surface area contributed by atoms with Crippen molar-refractivity contribution in [2.75, 3.05) is 6.61 Å². The zero-order valence-corrected chi connectivity index (χ0v) is 21.0. The van der Waals surface area contributed by atoms with Crippen LogP contribution in [0, 0.1) is 46.3 Å². The third-order valence-electron chi connectivity index (χ3n) is 11.7. The molecule has 2 heterocycles. The Balaban J connectivity index is 1.30. The number of allylic oxidation sites excluding steroid dienone is 1. The van der Waals surface area contributed by atoms with Gasteiger partial charge in [0.2, 0.25) is 0 Å². The van der Waals surface area contributed by atoms with Crippen LogP contribution in [0.15, 0.2) is 11.1 Å². The lowest BCUT2D eigenvalue weighted by Crippen LogP contribution is -2.53. The Morgan fingerprint density at radius 1 is 0.971 bits per heavy atom. The Hall–Kier alpha value is -0.880. The molecule has 0 bridgehead atoms. The predicted octanol–water partition coefficient (Wildman–Crippen LogP) is 6.85. The van der Waals surface area contributed by atoms with Gasteiger partial charge in [-0.05, 0) is 90.9 Å². The van der Waals surface area contributed by atoms with Crippen molar-refractivity contribution in [3.05, 3.63) is 11.1 Å². The van der Waals surface area contributed by atoms with Crippen molar-refractivity contribution in [1.29, 1.82) is 0 Å². The summed E-state index contributed by atoms with van der Waals surface area (Å²) in [4.78, 5) is 12.4. The normalized spacial score (nSPS) is 52.9. The van der Waals surface area contributed by atoms with Crippen LogP contribution in [-0.2, 0) is 14.3 Å². The number of fused-ring (bicyclic) bond motifs is 7. The van der Waals surface area contributed by atoms with E-state index in [0.29, 0.717) is 48.0 Å². The monoisotopic (exact) mass is 480 g/mol. The number of alkyl halides is 3. The first-order chi connectivity index (χ1) is 15.9. The van der Waals surface area contributed by atoms with Crippen molar-refractivity contribution in [2.45, 2.75) is 104 Å². The van der Waals surface area contributed by atoms with Crippen molar-refractivity contribution in [3.8, 4) is 0 Å². The average molecular weight is 481 g/mol. The van der Waals surface area contributed by atoms with Gasteiger partial charge in [0, 0.05) is 18.8 Å². The molecule has 0 radical (unpaired) electrons. The van der Waals surface area contributed by atoms with Crippen LogP contribution in [0.5, 0.6) is 0 Å². The fourth-order valence-electron chi connectivity index (χ4n) is 10.1. The molecule has 0 unspecified atom stereocenters. The quantitative estimate of drug-likeness (QED) is 0.380. The Bertz CT molecular complexity index is 916. The van der Waals surface area contributed by atoms with Gasteiger partial charge in [-0.15, -0.1) is 0 Å². The van der Waals surface area contributed by atoms with Crippen molar-refractivity contribution in [2.24, 2.45) is 46.3 Å². The molecule has 2 aliphatic heterocycles. The number of hydrogen-bond donors (Lipinski definition) is 0. The standard InChI is InChI=1S/C28H39F3O3/c1-15-7-12-27(33-14-15)16(2)23-22(34-27)13-20-17-5-6-19-24(28(29,30)31)21(32)9-11-25(19,3)18(17)8-10-26(20,23)4/h15-18,20,22-23H,5-14H2,1-4H3/t15-,16+,17-,18+,20+,22+,23+,25-,26+,27-/m1/s1. The van der Waals surface area contributed by atoms with Gasteiger partial charge in [-0.2, -0.15) is 13.2 Å². The molecule has 6 heteroatoms. The maximum Gasteiger partial charge on any atom is 0.419 e. The van der Waals surface area contributed by atoms with Gasteiger partial charge in [0.25, 0.3) is 0 Å². The number of halogens is 3. The van der Waals surface area contributed by atoms with E-state index in [9.17, 15) is 18.0 Å². The van der Waals surface area contributed by atoms with Crippen molar-refractivity contribution in [1.82, 2.24) is 0 Å². The summed E-state index contributed by atoms with van der Waals surface area (Å²) in [6.07, 6.45) is 2.56. The molecule has 0 aromatic rings. The van der Waals surface area contributed by atoms with Gasteiger partial charge in [0.15, 0.2) is 11.6 Å². The van der Waals surface area contributed by atoms with Crippen LogP contribution in [0.1, 0.15) is 85.5 Å². The highest BCUT2D eigenvalue weighted by Gasteiger charge is 2.69. The summed E-state index contributed by atoms with van der Waals surface area (Å²) in [6, 6.07) is 0. The SMILES string of the molecule is C[C@@H]1CC[C@@]2(OC1)O[C@H]1C[C@H]3[C@@H]4CCC5=C(C(F)(F)F)C(=O)CC[C@]5(C)[C@H]4CC[C@]3(C)[C@H]1[C@@H]2C. The van der Waals surface area contributed by atoms with E-state index < -0.39 is 28.7 Å². The van der Waals surface area contributed by atoms with Gasteiger partial charge < -0.3 is 9.47 Å². The van der Waals surface area contributed by atoms with E-state index in [2.05, 4.69) is 20.8 Å². The third kappa shape index (κ3) is 2.99. The minimum absolute atomic E-state index is 0.0314. The van der Waals surface area contributed by atoms with Crippen LogP contribution in [-0.4, -0.2) is 30.5 Å². The maximum absolute atomic E-state index is 13.9. The second-order valence-electron chi connectivity index (χ2n) is 13.1. The number of Topliss-reactive ketones (excluding diaryl/α,β-unsaturated/α-hetero) is 1. The van der Waals surface area contributed by atoms with Gasteiger partial charge in [0.1, 0.15) is 0 Å². The minimum atomic E-state index is -4.54. The number of ether oxygens (including phenoxy) is 2. The summed E-state index contributed by atoms with van der Waals surface area (Å²) in [5, 5.41) is 0. The van der Waals surface area contributed by atoms with Crippen molar-refractivity contribution in [3.63, 3.8) is 0 Å². The number of carbonyl (C=O) groups is 1. The van der Waals surface area contributed by atoms with Crippen LogP contribution in [0.2, 0.25) is 0 Å². The molecule has 6 aliphatic rings. The highest BCUT2D eigenvalue weighted by molar-refractivity contribution is 5.98. The van der Waals surface area contributed by atoms with Gasteiger partial charge in [-0.1, -0.05) is 27.7 Å². The van der Waals surface area contributed by atoms with E-state index in [-0.39, 0.29) is 23.9 Å². The first-order valence-corrected chi connectivity index (χ1v) is 13.6. The Kier molecular flexibility index (Phi) is 5.07. The van der Waals surface area contributed by atoms with Crippen LogP contribution in [0.25, 0.3) is 0 Å². The van der Waals surface area contributed by atoms with Crippen LogP contribution < -0.4 is 0 Å². The topological polar surface area (TPSA) is 35.5 Å². The predicted molar refractivity (Wildman–Crippen MR) is 122 cm³/mol. The highest BCUT2D eigenvalue weighted by atomic mass is 19.4. The number of ketones is 1. The van der Waals surface area contributed by atoms with Crippen LogP contribution in [0.4, 0.5) is 13.2 Å². The van der Waals surface area contributed by atoms with E-state index >= 15 is 0 Å². The minimum Gasteiger partial charge on any atom is -0.349 e. The summed E-state index contributed by atoms with van der Waals surface area (Å²) in [7, 11) is 0. The second kappa shape index (κ2) is 7.34. The summed E-state index contributed by atoms with van der Waals surface area (Å²) < 4.78 is 55.0. The van der Waals surface area contributed by atoms with Crippen LogP contribution in [0.3, 0.4) is 0 Å². The first-order valence-electron chi connectivity index (χ1n) is 13.6. The summed E-state index contributed by atoms with van der Waals surface area (Å²) in [6.45, 7) is 9.82. The first kappa shape index (κ1) is 23.5. The van der Waals surface area contributed by atoms with Crippen molar-refractivity contribution < 1.29 is 27.4 Å². The fourth-order valence-corrected chi connectivity index (χ4v) is 10.1. The van der Waals surface area contributed by atoms with Gasteiger partial charge in [-0.3, -0.25) is 4.79 Å². The van der Waals surface area contributed by atoms with E-state index in [0.717, 1.165) is 45.1 Å². The Morgan fingerprint density at radius 2 is 1.74 bits per heavy atom. The molecule has 0 aromatic carbocycles. The smallest absolute Gasteiger partial charge is 0.349 e. The van der Waals surface area contributed by atoms with E-state index in [4.69, 9.17) is 9.47 Å². The molecule has 6 rings (SSSR count). The van der Waals surface area contributed by atoms with E-state index in [1.807, 2.05) is 6.92 Å². The molecule has 190 valence electrons. The van der Waals surface area contributed by atoms with Gasteiger partial charge in [-0.25, -0.2) is 0 Å². The summed E-state index contributed by atoms with van der Waals surface area (Å²) in [5.74, 6) is 1.37. The lowest BCUT2D eigenvalue weighted by Gasteiger charge is -2.59. The molecule has 0 aromatic heterocycles. The third-order valence-corrected chi connectivity index (χ3v) is 11.7. The zero-order chi connectivity index (χ0) is 24.3. The molecule has 3 saturated carbocycles. The van der Waals surface area contributed by atoms with E-state index in [1.165, 1.54) is 0 Å². The highest BCUT2D eigenvalue weighted by Crippen LogP contribution is 2.71. The molecule has 2 saturated heterocycles. The molecule has 5 fully saturated rings. The molecule has 0 N–H and O–H groups in total. The molecule has 4 aliphatic carbocycles. The lowest BCUT2D eigenvalue weighted by molar-refractivity contribution is -0.272. The lowest BCUT2D eigenvalue weighted by atomic mass is 9.45. The molecule has 10 atom stereocenters. The zero-order valence-electron chi connectivity index (χ0n) is 21.0. The van der Waals surface area contributed by atoms with E-state index in [1.54, 1.807) is 0 Å². The number of carbonyl (C=O) groups excluding carboxylic acids is 1. The summed E-state index contributed by atoms with van der Waals surface area (Å²) in [5.41, 5.74) is -0.737. The fraction of sp³-hybridized carbons (Fsp3) is 0.893. The number of rotatable bonds is 0. The molecule has 34 heavy (non-hydrogen) atoms. The molecular formula is C28H39F3O3. The Labute approximate surface area is 201 Å². The largest absolute Gasteiger partial charge is 0.419 e. The maximum atomic E-state index is 13.9. The van der Waals surface area contributed by atoms with Crippen molar-refractivity contribution >= 4 is 5.78 Å². The Morgan fingerprint density at radius 3 is 2.41 bits per heavy atom. The molecule has 3 nitrogen and oxygen atoms in total. The second-order valence-corrected chi connectivity index (χ2v) is 13.1. The molecule has 0 amide bonds. The van der Waals surface area contributed by atoms with Crippen LogP contribution >= 0.6 is 0 Å².